The van der Waals surface area contributed by atoms with Crippen molar-refractivity contribution >= 4 is 34.0 Å². The van der Waals surface area contributed by atoms with Gasteiger partial charge in [0.05, 0.1) is 17.7 Å². The topological polar surface area (TPSA) is 80.3 Å². The molecule has 1 atom stereocenters. The van der Waals surface area contributed by atoms with Gasteiger partial charge in [0.2, 0.25) is 5.91 Å². The molecule has 7 heteroatoms. The second-order valence-electron chi connectivity index (χ2n) is 11.4. The molecule has 6 nitrogen and oxygen atoms in total. The second kappa shape index (κ2) is 10.8. The van der Waals surface area contributed by atoms with E-state index in [1.807, 2.05) is 48.7 Å². The Balaban J connectivity index is 1.10. The van der Waals surface area contributed by atoms with Crippen molar-refractivity contribution < 1.29 is 14.3 Å². The summed E-state index contributed by atoms with van der Waals surface area (Å²) in [6.07, 6.45) is 0.750. The second-order valence-corrected chi connectivity index (χ2v) is 12.2. The molecule has 1 unspecified atom stereocenters. The Hall–Kier alpha value is -4.75. The summed E-state index contributed by atoms with van der Waals surface area (Å²) >= 11 is 1.39. The summed E-state index contributed by atoms with van der Waals surface area (Å²) in [5.74, 6) is 0.633. The highest BCUT2D eigenvalue weighted by molar-refractivity contribution is 7.14. The summed E-state index contributed by atoms with van der Waals surface area (Å²) < 4.78 is 5.54. The molecule has 0 radical (unpaired) electrons. The lowest BCUT2D eigenvalue weighted by Gasteiger charge is -2.50. The quantitative estimate of drug-likeness (QED) is 0.202. The molecule has 3 aliphatic carbocycles. The van der Waals surface area contributed by atoms with Crippen molar-refractivity contribution in [1.29, 1.82) is 0 Å². The van der Waals surface area contributed by atoms with Gasteiger partial charge in [-0.05, 0) is 66.8 Å². The van der Waals surface area contributed by atoms with E-state index in [1.165, 1.54) is 33.6 Å². The van der Waals surface area contributed by atoms with E-state index < -0.39 is 5.41 Å². The number of rotatable bonds is 7. The summed E-state index contributed by atoms with van der Waals surface area (Å²) in [5, 5.41) is 8.56. The molecule has 0 spiro atoms. The predicted molar refractivity (Wildman–Crippen MR) is 171 cm³/mol. The smallest absolute Gasteiger partial charge is 0.255 e. The van der Waals surface area contributed by atoms with Crippen molar-refractivity contribution in [3.05, 3.63) is 130 Å². The Morgan fingerprint density at radius 2 is 1.58 bits per heavy atom. The zero-order valence-electron chi connectivity index (χ0n) is 24.0. The van der Waals surface area contributed by atoms with E-state index in [-0.39, 0.29) is 23.7 Å². The number of ether oxygens (including phenoxy) is 1. The van der Waals surface area contributed by atoms with Crippen LogP contribution in [-0.4, -0.2) is 23.4 Å². The number of thiazole rings is 1. The fourth-order valence-electron chi connectivity index (χ4n) is 6.75. The first-order valence-electron chi connectivity index (χ1n) is 14.5. The number of carbonyl (C=O) groups is 2. The molecule has 43 heavy (non-hydrogen) atoms. The van der Waals surface area contributed by atoms with Crippen LogP contribution >= 0.6 is 11.3 Å². The van der Waals surface area contributed by atoms with E-state index in [4.69, 9.17) is 9.72 Å². The largest absolute Gasteiger partial charge is 0.494 e. The average molecular weight is 586 g/mol. The zero-order chi connectivity index (χ0) is 29.6. The number of benzene rings is 4. The maximum atomic E-state index is 14.0. The Morgan fingerprint density at radius 1 is 0.884 bits per heavy atom. The van der Waals surface area contributed by atoms with Crippen LogP contribution in [0.1, 0.15) is 64.7 Å². The molecule has 0 aliphatic heterocycles. The van der Waals surface area contributed by atoms with Gasteiger partial charge in [-0.2, -0.15) is 0 Å². The Bertz CT molecular complexity index is 1820. The van der Waals surface area contributed by atoms with E-state index >= 15 is 0 Å². The number of fused-ring (bicyclic) bond motifs is 1. The van der Waals surface area contributed by atoms with Crippen molar-refractivity contribution in [2.75, 3.05) is 17.2 Å². The van der Waals surface area contributed by atoms with Gasteiger partial charge in [-0.3, -0.25) is 9.59 Å². The minimum atomic E-state index is -0.614. The highest BCUT2D eigenvalue weighted by Crippen LogP contribution is 2.61. The van der Waals surface area contributed by atoms with Crippen LogP contribution < -0.4 is 15.4 Å². The molecule has 5 aromatic rings. The number of nitrogens with one attached hydrogen (secondary N) is 2. The first-order chi connectivity index (χ1) is 20.9. The van der Waals surface area contributed by atoms with Crippen LogP contribution in [0.3, 0.4) is 0 Å². The van der Waals surface area contributed by atoms with Gasteiger partial charge >= 0.3 is 0 Å². The van der Waals surface area contributed by atoms with Gasteiger partial charge in [0.15, 0.2) is 5.13 Å². The number of amides is 2. The minimum Gasteiger partial charge on any atom is -0.494 e. The molecule has 0 fully saturated rings. The molecule has 8 rings (SSSR count). The predicted octanol–water partition coefficient (Wildman–Crippen LogP) is 8.09. The number of aromatic nitrogens is 1. The maximum absolute atomic E-state index is 14.0. The van der Waals surface area contributed by atoms with E-state index in [9.17, 15) is 9.59 Å². The third-order valence-corrected chi connectivity index (χ3v) is 9.45. The van der Waals surface area contributed by atoms with Gasteiger partial charge in [-0.1, -0.05) is 66.7 Å². The summed E-state index contributed by atoms with van der Waals surface area (Å²) in [5.41, 5.74) is 7.23. The Morgan fingerprint density at radius 3 is 2.30 bits per heavy atom. The van der Waals surface area contributed by atoms with Crippen LogP contribution in [0.2, 0.25) is 0 Å². The van der Waals surface area contributed by atoms with E-state index in [0.29, 0.717) is 34.4 Å². The van der Waals surface area contributed by atoms with Crippen LogP contribution in [-0.2, 0) is 4.79 Å². The summed E-state index contributed by atoms with van der Waals surface area (Å²) in [6, 6.07) is 31.8. The lowest BCUT2D eigenvalue weighted by Crippen LogP contribution is -2.47. The number of nitrogens with zero attached hydrogens (tertiary/aromatic N) is 1. The van der Waals surface area contributed by atoms with Crippen LogP contribution in [0.5, 0.6) is 5.75 Å². The van der Waals surface area contributed by atoms with Crippen molar-refractivity contribution in [2.45, 2.75) is 32.1 Å². The fraction of sp³-hybridized carbons (Fsp3) is 0.194. The van der Waals surface area contributed by atoms with E-state index in [1.54, 1.807) is 12.1 Å². The molecule has 1 aromatic heterocycles. The molecule has 3 aliphatic rings. The maximum Gasteiger partial charge on any atom is 0.255 e. The zero-order valence-corrected chi connectivity index (χ0v) is 24.8. The van der Waals surface area contributed by atoms with Crippen molar-refractivity contribution in [1.82, 2.24) is 4.98 Å². The minimum absolute atomic E-state index is 0.0187. The Kier molecular flexibility index (Phi) is 6.82. The average Bonchev–Trinajstić information content (AvgIpc) is 3.50. The molecule has 0 saturated carbocycles. The number of anilines is 2. The standard InChI is InChI=1S/C36H31N3O3S/c1-3-42-25-13-9-12-24(19-25)37-33(40)23-11-8-10-22(18-23)31-21-43-35(38-31)39-34(41)36(2)20-30-26-14-4-6-16-28(26)32(36)29-17-7-5-15-27(29)30/h4-19,21,30,32H,3,20H2,1-2H3,(H,37,40)(H,38,39,41). The molecule has 4 aromatic carbocycles. The third kappa shape index (κ3) is 4.79. The van der Waals surface area contributed by atoms with Gasteiger partial charge < -0.3 is 15.4 Å². The van der Waals surface area contributed by atoms with Gasteiger partial charge in [0, 0.05) is 40.1 Å². The first-order valence-corrected chi connectivity index (χ1v) is 15.4. The van der Waals surface area contributed by atoms with Crippen LogP contribution in [0, 0.1) is 5.41 Å². The highest BCUT2D eigenvalue weighted by atomic mass is 32.1. The van der Waals surface area contributed by atoms with Gasteiger partial charge in [-0.15, -0.1) is 11.3 Å². The summed E-state index contributed by atoms with van der Waals surface area (Å²) in [6.45, 7) is 4.56. The number of hydrogen-bond acceptors (Lipinski definition) is 5. The lowest BCUT2D eigenvalue weighted by molar-refractivity contribution is -0.126. The third-order valence-electron chi connectivity index (χ3n) is 8.70. The van der Waals surface area contributed by atoms with Crippen molar-refractivity contribution in [3.8, 4) is 17.0 Å². The van der Waals surface area contributed by atoms with Gasteiger partial charge in [-0.25, -0.2) is 4.98 Å². The molecular weight excluding hydrogens is 554 g/mol. The van der Waals surface area contributed by atoms with Crippen LogP contribution in [0.25, 0.3) is 11.3 Å². The lowest BCUT2D eigenvalue weighted by atomic mass is 9.52. The first kappa shape index (κ1) is 27.1. The molecule has 1 heterocycles. The van der Waals surface area contributed by atoms with E-state index in [0.717, 1.165) is 12.0 Å². The molecular formula is C36H31N3O3S. The van der Waals surface area contributed by atoms with Crippen molar-refractivity contribution in [3.63, 3.8) is 0 Å². The van der Waals surface area contributed by atoms with E-state index in [2.05, 4.69) is 66.1 Å². The molecule has 2 amide bonds. The summed E-state index contributed by atoms with van der Waals surface area (Å²) in [4.78, 5) is 31.8. The normalized spacial score (nSPS) is 19.7. The van der Waals surface area contributed by atoms with Gasteiger partial charge in [0.1, 0.15) is 5.75 Å². The number of carbonyl (C=O) groups excluding carboxylic acids is 2. The molecule has 2 bridgehead atoms. The van der Waals surface area contributed by atoms with Crippen LogP contribution in [0.4, 0.5) is 10.8 Å². The summed E-state index contributed by atoms with van der Waals surface area (Å²) in [7, 11) is 0. The molecule has 2 N–H and O–H groups in total. The molecule has 214 valence electrons. The fourth-order valence-corrected chi connectivity index (χ4v) is 7.46. The van der Waals surface area contributed by atoms with Crippen molar-refractivity contribution in [2.24, 2.45) is 5.41 Å². The highest BCUT2D eigenvalue weighted by Gasteiger charge is 2.54. The van der Waals surface area contributed by atoms with Gasteiger partial charge in [0.25, 0.3) is 5.91 Å². The van der Waals surface area contributed by atoms with Crippen LogP contribution in [0.15, 0.2) is 102 Å². The molecule has 0 saturated heterocycles. The number of hydrogen-bond donors (Lipinski definition) is 2. The Labute approximate surface area is 254 Å². The SMILES string of the molecule is CCOc1cccc(NC(=O)c2cccc(-c3csc(NC(=O)C4(C)CC5c6ccccc6C4c4ccccc45)n3)c2)c1. The monoisotopic (exact) mass is 585 g/mol.